The zero-order valence-electron chi connectivity index (χ0n) is 15.3. The number of aliphatic imine (C=N–C) groups is 1. The fourth-order valence-electron chi connectivity index (χ4n) is 2.95. The number of nitrogens with one attached hydrogen (secondary N) is 1. The van der Waals surface area contributed by atoms with Crippen LogP contribution in [0.3, 0.4) is 0 Å². The van der Waals surface area contributed by atoms with Crippen molar-refractivity contribution >= 4 is 5.96 Å². The number of ether oxygens (including phenoxy) is 2. The molecule has 5 heteroatoms. The third-order valence-corrected chi connectivity index (χ3v) is 4.16. The van der Waals surface area contributed by atoms with Crippen LogP contribution in [-0.4, -0.2) is 50.8 Å². The highest BCUT2D eigenvalue weighted by Crippen LogP contribution is 2.17. The van der Waals surface area contributed by atoms with Gasteiger partial charge in [0.15, 0.2) is 5.96 Å². The maximum Gasteiger partial charge on any atom is 0.194 e. The highest BCUT2D eigenvalue weighted by atomic mass is 16.5. The quantitative estimate of drug-likeness (QED) is 0.473. The first-order valence-corrected chi connectivity index (χ1v) is 8.97. The molecule has 1 N–H and O–H groups in total. The van der Waals surface area contributed by atoms with E-state index in [9.17, 15) is 0 Å². The number of hydrogen-bond acceptors (Lipinski definition) is 3. The summed E-state index contributed by atoms with van der Waals surface area (Å²) >= 11 is 0. The van der Waals surface area contributed by atoms with Gasteiger partial charge in [0.1, 0.15) is 12.4 Å². The van der Waals surface area contributed by atoms with Gasteiger partial charge >= 0.3 is 0 Å². The summed E-state index contributed by atoms with van der Waals surface area (Å²) in [5, 5.41) is 3.43. The van der Waals surface area contributed by atoms with Gasteiger partial charge in [-0.1, -0.05) is 19.1 Å². The minimum Gasteiger partial charge on any atom is -0.491 e. The van der Waals surface area contributed by atoms with E-state index in [1.807, 2.05) is 12.1 Å². The number of nitrogens with zero attached hydrogens (tertiary/aromatic N) is 2. The van der Waals surface area contributed by atoms with E-state index in [1.165, 1.54) is 12.8 Å². The van der Waals surface area contributed by atoms with Crippen molar-refractivity contribution < 1.29 is 9.47 Å². The second-order valence-electron chi connectivity index (χ2n) is 6.35. The Balaban J connectivity index is 1.98. The maximum absolute atomic E-state index is 5.67. The lowest BCUT2D eigenvalue weighted by Crippen LogP contribution is -2.46. The number of benzene rings is 1. The van der Waals surface area contributed by atoms with Crippen LogP contribution in [0.4, 0.5) is 0 Å². The molecule has 0 bridgehead atoms. The smallest absolute Gasteiger partial charge is 0.194 e. The van der Waals surface area contributed by atoms with E-state index < -0.39 is 0 Å². The van der Waals surface area contributed by atoms with Crippen molar-refractivity contribution in [3.8, 4) is 5.75 Å². The number of rotatable bonds is 7. The number of methoxy groups -OCH3 is 1. The predicted molar refractivity (Wildman–Crippen MR) is 98.6 cm³/mol. The highest BCUT2D eigenvalue weighted by Gasteiger charge is 2.18. The van der Waals surface area contributed by atoms with Crippen molar-refractivity contribution in [2.45, 2.75) is 33.2 Å². The van der Waals surface area contributed by atoms with Crippen LogP contribution in [0, 0.1) is 5.92 Å². The second-order valence-corrected chi connectivity index (χ2v) is 6.35. The molecular formula is C19H31N3O2. The maximum atomic E-state index is 5.67. The molecule has 1 unspecified atom stereocenters. The molecular weight excluding hydrogens is 302 g/mol. The van der Waals surface area contributed by atoms with Crippen LogP contribution < -0.4 is 10.1 Å². The van der Waals surface area contributed by atoms with E-state index >= 15 is 0 Å². The van der Waals surface area contributed by atoms with Crippen molar-refractivity contribution in [2.24, 2.45) is 10.9 Å². The summed E-state index contributed by atoms with van der Waals surface area (Å²) < 4.78 is 10.7. The molecule has 1 heterocycles. The van der Waals surface area contributed by atoms with Gasteiger partial charge in [0.05, 0.1) is 13.2 Å². The molecule has 0 aromatic heterocycles. The van der Waals surface area contributed by atoms with E-state index in [0.717, 1.165) is 42.8 Å². The van der Waals surface area contributed by atoms with E-state index in [0.29, 0.717) is 19.8 Å². The van der Waals surface area contributed by atoms with Gasteiger partial charge in [0.2, 0.25) is 0 Å². The Morgan fingerprint density at radius 2 is 2.25 bits per heavy atom. The lowest BCUT2D eigenvalue weighted by Gasteiger charge is -2.33. The third-order valence-electron chi connectivity index (χ3n) is 4.16. The molecule has 24 heavy (non-hydrogen) atoms. The third kappa shape index (κ3) is 6.04. The van der Waals surface area contributed by atoms with E-state index in [4.69, 9.17) is 14.5 Å². The number of hydrogen-bond donors (Lipinski definition) is 1. The molecule has 1 aliphatic rings. The monoisotopic (exact) mass is 333 g/mol. The van der Waals surface area contributed by atoms with Crippen LogP contribution in [0.1, 0.15) is 32.3 Å². The topological polar surface area (TPSA) is 46.1 Å². The normalized spacial score (nSPS) is 18.5. The van der Waals surface area contributed by atoms with Gasteiger partial charge in [-0.15, -0.1) is 0 Å². The minimum absolute atomic E-state index is 0.567. The van der Waals surface area contributed by atoms with Crippen LogP contribution >= 0.6 is 0 Å². The molecule has 0 aliphatic carbocycles. The van der Waals surface area contributed by atoms with Crippen molar-refractivity contribution in [2.75, 3.05) is 40.0 Å². The molecule has 1 aliphatic heterocycles. The summed E-state index contributed by atoms with van der Waals surface area (Å²) in [4.78, 5) is 7.22. The Morgan fingerprint density at radius 1 is 1.38 bits per heavy atom. The standard InChI is InChI=1S/C19H31N3O2/c1-4-20-19(22-10-6-7-16(2)15-22)21-14-17-8-5-9-18(13-17)24-12-11-23-3/h5,8-9,13,16H,4,6-7,10-12,14-15H2,1-3H3,(H,20,21). The fraction of sp³-hybridized carbons (Fsp3) is 0.632. The summed E-state index contributed by atoms with van der Waals surface area (Å²) in [6.45, 7) is 9.34. The average Bonchev–Trinajstić information content (AvgIpc) is 2.59. The number of guanidine groups is 1. The molecule has 2 rings (SSSR count). The summed E-state index contributed by atoms with van der Waals surface area (Å²) in [6, 6.07) is 8.14. The Hall–Kier alpha value is -1.75. The molecule has 1 aromatic rings. The minimum atomic E-state index is 0.567. The Bertz CT molecular complexity index is 519. The molecule has 1 atom stereocenters. The second kappa shape index (κ2) is 10.2. The summed E-state index contributed by atoms with van der Waals surface area (Å²) in [6.07, 6.45) is 2.56. The van der Waals surface area contributed by atoms with Crippen LogP contribution in [0.5, 0.6) is 5.75 Å². The van der Waals surface area contributed by atoms with Crippen molar-refractivity contribution in [3.63, 3.8) is 0 Å². The molecule has 1 saturated heterocycles. The Labute approximate surface area is 146 Å². The van der Waals surface area contributed by atoms with Gasteiger partial charge in [-0.3, -0.25) is 0 Å². The first-order valence-electron chi connectivity index (χ1n) is 8.97. The zero-order chi connectivity index (χ0) is 17.2. The van der Waals surface area contributed by atoms with E-state index in [-0.39, 0.29) is 0 Å². The van der Waals surface area contributed by atoms with Crippen LogP contribution in [0.25, 0.3) is 0 Å². The molecule has 0 spiro atoms. The van der Waals surface area contributed by atoms with Crippen molar-refractivity contribution in [1.29, 1.82) is 0 Å². The largest absolute Gasteiger partial charge is 0.491 e. The molecule has 134 valence electrons. The van der Waals surface area contributed by atoms with Crippen molar-refractivity contribution in [3.05, 3.63) is 29.8 Å². The molecule has 5 nitrogen and oxygen atoms in total. The van der Waals surface area contributed by atoms with Gasteiger partial charge in [0, 0.05) is 26.7 Å². The summed E-state index contributed by atoms with van der Waals surface area (Å²) in [5.74, 6) is 2.63. The lowest BCUT2D eigenvalue weighted by molar-refractivity contribution is 0.146. The van der Waals surface area contributed by atoms with Crippen LogP contribution in [0.15, 0.2) is 29.3 Å². The molecule has 1 aromatic carbocycles. The summed E-state index contributed by atoms with van der Waals surface area (Å²) in [7, 11) is 1.68. The van der Waals surface area contributed by atoms with Crippen molar-refractivity contribution in [1.82, 2.24) is 10.2 Å². The zero-order valence-corrected chi connectivity index (χ0v) is 15.3. The van der Waals surface area contributed by atoms with Gasteiger partial charge < -0.3 is 19.7 Å². The molecule has 0 amide bonds. The molecule has 0 radical (unpaired) electrons. The highest BCUT2D eigenvalue weighted by molar-refractivity contribution is 5.80. The molecule has 1 fully saturated rings. The first-order chi connectivity index (χ1) is 11.7. The predicted octanol–water partition coefficient (Wildman–Crippen LogP) is 2.91. The first kappa shape index (κ1) is 18.6. The van der Waals surface area contributed by atoms with Gasteiger partial charge in [-0.2, -0.15) is 0 Å². The van der Waals surface area contributed by atoms with Crippen LogP contribution in [0.2, 0.25) is 0 Å². The lowest BCUT2D eigenvalue weighted by atomic mass is 10.0. The Kier molecular flexibility index (Phi) is 7.89. The Morgan fingerprint density at radius 3 is 3.00 bits per heavy atom. The van der Waals surface area contributed by atoms with Gasteiger partial charge in [-0.05, 0) is 43.4 Å². The van der Waals surface area contributed by atoms with E-state index in [1.54, 1.807) is 7.11 Å². The van der Waals surface area contributed by atoms with Gasteiger partial charge in [-0.25, -0.2) is 4.99 Å². The SMILES string of the molecule is CCNC(=NCc1cccc(OCCOC)c1)N1CCCC(C)C1. The van der Waals surface area contributed by atoms with E-state index in [2.05, 4.69) is 36.2 Å². The average molecular weight is 333 g/mol. The fourth-order valence-corrected chi connectivity index (χ4v) is 2.95. The van der Waals surface area contributed by atoms with Gasteiger partial charge in [0.25, 0.3) is 0 Å². The van der Waals surface area contributed by atoms with Crippen LogP contribution in [-0.2, 0) is 11.3 Å². The summed E-state index contributed by atoms with van der Waals surface area (Å²) in [5.41, 5.74) is 1.16. The number of likely N-dealkylation sites (tertiary alicyclic amines) is 1. The number of piperidine rings is 1. The molecule has 0 saturated carbocycles.